The zero-order chi connectivity index (χ0) is 45.9. The summed E-state index contributed by atoms with van der Waals surface area (Å²) in [6.45, 7) is 3.71. The highest BCUT2D eigenvalue weighted by molar-refractivity contribution is 5.69. The maximum atomic E-state index is 13.0. The van der Waals surface area contributed by atoms with E-state index in [0.29, 0.717) is 6.61 Å². The summed E-state index contributed by atoms with van der Waals surface area (Å²) in [5, 5.41) is 72.0. The molecule has 2 aliphatic rings. The summed E-state index contributed by atoms with van der Waals surface area (Å²) in [5.74, 6) is -0.371. The van der Waals surface area contributed by atoms with Gasteiger partial charge in [0, 0.05) is 13.0 Å². The molecule has 0 aromatic carbocycles. The Morgan fingerprint density at radius 3 is 1.29 bits per heavy atom. The second-order valence-corrected chi connectivity index (χ2v) is 18.4. The van der Waals surface area contributed by atoms with Gasteiger partial charge in [-0.15, -0.1) is 0 Å². The van der Waals surface area contributed by atoms with Gasteiger partial charge in [-0.3, -0.25) is 4.79 Å². The average molecular weight is 907 g/mol. The van der Waals surface area contributed by atoms with Crippen molar-refractivity contribution in [1.82, 2.24) is 0 Å². The molecule has 0 spiro atoms. The second-order valence-electron chi connectivity index (χ2n) is 18.4. The van der Waals surface area contributed by atoms with Crippen molar-refractivity contribution in [3.63, 3.8) is 0 Å². The van der Waals surface area contributed by atoms with Gasteiger partial charge in [-0.05, 0) is 12.8 Å². The van der Waals surface area contributed by atoms with Gasteiger partial charge in [0.05, 0.1) is 26.4 Å². The molecule has 2 heterocycles. The molecule has 374 valence electrons. The van der Waals surface area contributed by atoms with Crippen LogP contribution in [-0.4, -0.2) is 142 Å². The van der Waals surface area contributed by atoms with Crippen molar-refractivity contribution in [2.45, 2.75) is 274 Å². The summed E-state index contributed by atoms with van der Waals surface area (Å²) >= 11 is 0. The predicted molar refractivity (Wildman–Crippen MR) is 243 cm³/mol. The van der Waals surface area contributed by atoms with Crippen LogP contribution in [0.1, 0.15) is 206 Å². The minimum Gasteiger partial charge on any atom is -0.457 e. The normalized spacial score (nSPS) is 26.9. The fraction of sp³-hybridized carbons (Fsp3) is 0.980. The Morgan fingerprint density at radius 2 is 0.841 bits per heavy atom. The molecule has 14 heteroatoms. The lowest BCUT2D eigenvalue weighted by molar-refractivity contribution is -0.332. The van der Waals surface area contributed by atoms with E-state index in [-0.39, 0.29) is 25.6 Å². The lowest BCUT2D eigenvalue weighted by atomic mass is 9.98. The molecule has 0 saturated carbocycles. The van der Waals surface area contributed by atoms with Crippen LogP contribution in [0.15, 0.2) is 0 Å². The number of carbonyl (C=O) groups excluding carboxylic acids is 1. The minimum absolute atomic E-state index is 0.0691. The Balaban J connectivity index is 1.71. The van der Waals surface area contributed by atoms with Crippen molar-refractivity contribution < 1.29 is 69.0 Å². The molecule has 0 aromatic heterocycles. The van der Waals surface area contributed by atoms with Crippen molar-refractivity contribution in [3.8, 4) is 0 Å². The molecule has 2 rings (SSSR count). The van der Waals surface area contributed by atoms with E-state index in [9.17, 15) is 40.5 Å². The highest BCUT2D eigenvalue weighted by Crippen LogP contribution is 2.26. The van der Waals surface area contributed by atoms with Crippen molar-refractivity contribution in [1.29, 1.82) is 0 Å². The number of hydrogen-bond donors (Lipinski definition) is 7. The zero-order valence-electron chi connectivity index (χ0n) is 39.6. The van der Waals surface area contributed by atoms with E-state index in [1.54, 1.807) is 0 Å². The monoisotopic (exact) mass is 907 g/mol. The predicted octanol–water partition coefficient (Wildman–Crippen LogP) is 7.30. The van der Waals surface area contributed by atoms with Crippen LogP contribution in [0.25, 0.3) is 0 Å². The first-order valence-corrected chi connectivity index (χ1v) is 25.6. The summed E-state index contributed by atoms with van der Waals surface area (Å²) in [6.07, 6.45) is 20.4. The van der Waals surface area contributed by atoms with Crippen LogP contribution in [0.4, 0.5) is 0 Å². The van der Waals surface area contributed by atoms with E-state index in [4.69, 9.17) is 28.4 Å². The van der Waals surface area contributed by atoms with Crippen LogP contribution < -0.4 is 0 Å². The molecular weight excluding hydrogens is 813 g/mol. The highest BCUT2D eigenvalue weighted by atomic mass is 16.7. The van der Waals surface area contributed by atoms with E-state index in [0.717, 1.165) is 44.9 Å². The van der Waals surface area contributed by atoms with E-state index in [2.05, 4.69) is 13.8 Å². The first-order chi connectivity index (χ1) is 30.6. The van der Waals surface area contributed by atoms with Gasteiger partial charge in [-0.1, -0.05) is 187 Å². The standard InChI is InChI=1S/C49H94O14/c1-3-5-7-9-11-13-14-15-16-17-18-19-20-21-22-23-24-26-28-30-32-41(51)61-38(35-58-33-31-29-27-25-12-10-8-6-4-2)36-59-48-47(57)45(55)43(53)40(63-48)37-60-49-46(56)44(54)42(52)39(34-50)62-49/h38-40,42-50,52-57H,3-37H2,1-2H3. The van der Waals surface area contributed by atoms with E-state index >= 15 is 0 Å². The SMILES string of the molecule is CCCCCCCCCCCCCCCCCCCCCCC(=O)OC(COCCCCCCCCCCC)COC1OC(COC2OC(CO)C(O)C(O)C2O)C(O)C(O)C1O. The Hall–Kier alpha value is -1.01. The molecule has 11 atom stereocenters. The van der Waals surface area contributed by atoms with Gasteiger partial charge in [0.1, 0.15) is 54.9 Å². The highest BCUT2D eigenvalue weighted by Gasteiger charge is 2.47. The van der Waals surface area contributed by atoms with Gasteiger partial charge in [0.25, 0.3) is 0 Å². The molecule has 14 nitrogen and oxygen atoms in total. The zero-order valence-corrected chi connectivity index (χ0v) is 39.6. The third kappa shape index (κ3) is 26.2. The van der Waals surface area contributed by atoms with E-state index < -0.39 is 80.7 Å². The van der Waals surface area contributed by atoms with Gasteiger partial charge in [0.2, 0.25) is 0 Å². The Bertz CT molecular complexity index is 1050. The number of aliphatic hydroxyl groups is 7. The number of aliphatic hydroxyl groups excluding tert-OH is 7. The van der Waals surface area contributed by atoms with Crippen LogP contribution in [0.2, 0.25) is 0 Å². The number of unbranched alkanes of at least 4 members (excludes halogenated alkanes) is 27. The van der Waals surface area contributed by atoms with Gasteiger partial charge < -0.3 is 64.2 Å². The third-order valence-electron chi connectivity index (χ3n) is 12.6. The molecule has 63 heavy (non-hydrogen) atoms. The van der Waals surface area contributed by atoms with Gasteiger partial charge in [-0.2, -0.15) is 0 Å². The van der Waals surface area contributed by atoms with Crippen LogP contribution >= 0.6 is 0 Å². The maximum Gasteiger partial charge on any atom is 0.306 e. The van der Waals surface area contributed by atoms with Crippen molar-refractivity contribution >= 4 is 5.97 Å². The number of carbonyl (C=O) groups is 1. The smallest absolute Gasteiger partial charge is 0.306 e. The average Bonchev–Trinajstić information content (AvgIpc) is 3.28. The van der Waals surface area contributed by atoms with E-state index in [1.807, 2.05) is 0 Å². The first-order valence-electron chi connectivity index (χ1n) is 25.6. The summed E-state index contributed by atoms with van der Waals surface area (Å²) in [6, 6.07) is 0. The van der Waals surface area contributed by atoms with Gasteiger partial charge in [0.15, 0.2) is 12.6 Å². The Morgan fingerprint density at radius 1 is 0.460 bits per heavy atom. The lowest BCUT2D eigenvalue weighted by Gasteiger charge is -2.42. The lowest BCUT2D eigenvalue weighted by Crippen LogP contribution is -2.61. The molecule has 2 saturated heterocycles. The number of esters is 1. The van der Waals surface area contributed by atoms with Crippen LogP contribution in [0.5, 0.6) is 0 Å². The largest absolute Gasteiger partial charge is 0.457 e. The molecular formula is C49H94O14. The first kappa shape index (κ1) is 58.1. The molecule has 0 bridgehead atoms. The van der Waals surface area contributed by atoms with Crippen LogP contribution in [-0.2, 0) is 33.2 Å². The minimum atomic E-state index is -1.70. The number of rotatable bonds is 41. The molecule has 0 aliphatic carbocycles. The Kier molecular flexibility index (Phi) is 35.1. The molecule has 2 aliphatic heterocycles. The molecule has 11 unspecified atom stereocenters. The van der Waals surface area contributed by atoms with E-state index in [1.165, 1.54) is 141 Å². The fourth-order valence-corrected chi connectivity index (χ4v) is 8.40. The van der Waals surface area contributed by atoms with Crippen molar-refractivity contribution in [2.24, 2.45) is 0 Å². The third-order valence-corrected chi connectivity index (χ3v) is 12.6. The van der Waals surface area contributed by atoms with Gasteiger partial charge >= 0.3 is 5.97 Å². The second kappa shape index (κ2) is 38.0. The molecule has 0 radical (unpaired) electrons. The van der Waals surface area contributed by atoms with Crippen LogP contribution in [0, 0.1) is 0 Å². The number of ether oxygens (including phenoxy) is 6. The summed E-state index contributed by atoms with van der Waals surface area (Å²) in [7, 11) is 0. The summed E-state index contributed by atoms with van der Waals surface area (Å²) < 4.78 is 34.2. The molecule has 2 fully saturated rings. The summed E-state index contributed by atoms with van der Waals surface area (Å²) in [5.41, 5.74) is 0. The quantitative estimate of drug-likeness (QED) is 0.0237. The maximum absolute atomic E-state index is 13.0. The molecule has 0 aromatic rings. The number of hydrogen-bond acceptors (Lipinski definition) is 14. The van der Waals surface area contributed by atoms with Crippen molar-refractivity contribution in [3.05, 3.63) is 0 Å². The molecule has 0 amide bonds. The van der Waals surface area contributed by atoms with Gasteiger partial charge in [-0.25, -0.2) is 0 Å². The molecule has 7 N–H and O–H groups in total. The summed E-state index contributed by atoms with van der Waals surface area (Å²) in [4.78, 5) is 13.0. The topological polar surface area (TPSA) is 214 Å². The van der Waals surface area contributed by atoms with Crippen molar-refractivity contribution in [2.75, 3.05) is 33.0 Å². The fourth-order valence-electron chi connectivity index (χ4n) is 8.40. The van der Waals surface area contributed by atoms with Crippen LogP contribution in [0.3, 0.4) is 0 Å². The Labute approximate surface area is 381 Å².